The number of nitrogen functional groups attached to an aromatic ring is 1. The summed E-state index contributed by atoms with van der Waals surface area (Å²) in [4.78, 5) is 42.6. The van der Waals surface area contributed by atoms with E-state index in [1.54, 1.807) is 19.1 Å². The zero-order valence-electron chi connectivity index (χ0n) is 21.6. The van der Waals surface area contributed by atoms with Crippen LogP contribution in [0.15, 0.2) is 53.0 Å². The van der Waals surface area contributed by atoms with Crippen LogP contribution < -0.4 is 11.1 Å². The summed E-state index contributed by atoms with van der Waals surface area (Å²) in [7, 11) is 0. The Labute approximate surface area is 234 Å². The molecule has 1 aliphatic heterocycles. The number of amides is 3. The number of carbonyl (C=O) groups excluding carboxylic acids is 3. The topological polar surface area (TPSA) is 149 Å². The number of nitrogens with one attached hydrogen (secondary N) is 1. The van der Waals surface area contributed by atoms with Gasteiger partial charge in [-0.15, -0.1) is 10.2 Å². The van der Waals surface area contributed by atoms with Gasteiger partial charge in [0.05, 0.1) is 25.7 Å². The summed E-state index contributed by atoms with van der Waals surface area (Å²) in [5, 5.41) is 14.8. The molecule has 2 heterocycles. The van der Waals surface area contributed by atoms with Gasteiger partial charge in [0.1, 0.15) is 0 Å². The summed E-state index contributed by atoms with van der Waals surface area (Å²) in [5.41, 5.74) is 8.29. The van der Waals surface area contributed by atoms with Crippen molar-refractivity contribution in [2.75, 3.05) is 25.4 Å². The van der Waals surface area contributed by atoms with Gasteiger partial charge in [-0.3, -0.25) is 4.79 Å². The highest BCUT2D eigenvalue weighted by Gasteiger charge is 2.31. The summed E-state index contributed by atoms with van der Waals surface area (Å²) in [6, 6.07) is 14.5. The predicted molar refractivity (Wildman–Crippen MR) is 146 cm³/mol. The number of carbonyl (C=O) groups is 3. The lowest BCUT2D eigenvalue weighted by Crippen LogP contribution is -2.45. The van der Waals surface area contributed by atoms with E-state index in [9.17, 15) is 14.4 Å². The van der Waals surface area contributed by atoms with E-state index in [-0.39, 0.29) is 50.6 Å². The average molecular weight is 599 g/mol. The number of esters is 1. The first-order chi connectivity index (χ1) is 18.8. The van der Waals surface area contributed by atoms with Crippen molar-refractivity contribution in [1.29, 1.82) is 0 Å². The largest absolute Gasteiger partial charge is 0.465 e. The molecule has 3 N–H and O–H groups in total. The number of tetrazole rings is 1. The standard InChI is InChI=1S/C26H31BrN8O4/c1-2-39-25(37)17-35-31-23(30-32-35)16-33(15-18-9-11-19(28)12-10-18)26(38)29-14-24(36)34-13-5-8-22(34)20-6-3-4-7-21(20)27/h3-4,6-7,9-12,22H,2,5,8,13-17,28H2,1H3,(H,29,38). The Balaban J connectivity index is 1.42. The molecule has 3 aromatic rings. The van der Waals surface area contributed by atoms with E-state index < -0.39 is 12.0 Å². The molecular weight excluding hydrogens is 568 g/mol. The van der Waals surface area contributed by atoms with Crippen molar-refractivity contribution >= 4 is 39.5 Å². The molecule has 0 radical (unpaired) electrons. The van der Waals surface area contributed by atoms with Gasteiger partial charge >= 0.3 is 12.0 Å². The molecule has 0 bridgehead atoms. The van der Waals surface area contributed by atoms with Gasteiger partial charge < -0.3 is 25.6 Å². The van der Waals surface area contributed by atoms with Gasteiger partial charge in [-0.1, -0.05) is 46.3 Å². The van der Waals surface area contributed by atoms with Crippen molar-refractivity contribution in [2.24, 2.45) is 0 Å². The fourth-order valence-electron chi connectivity index (χ4n) is 4.44. The molecule has 1 unspecified atom stereocenters. The number of urea groups is 1. The molecule has 0 spiro atoms. The van der Waals surface area contributed by atoms with Crippen LogP contribution >= 0.6 is 15.9 Å². The molecule has 206 valence electrons. The first kappa shape index (κ1) is 28.0. The Morgan fingerprint density at radius 2 is 1.92 bits per heavy atom. The molecule has 39 heavy (non-hydrogen) atoms. The highest BCUT2D eigenvalue weighted by Crippen LogP contribution is 2.35. The zero-order valence-corrected chi connectivity index (χ0v) is 23.2. The van der Waals surface area contributed by atoms with Gasteiger partial charge in [0.2, 0.25) is 5.91 Å². The number of nitrogens with two attached hydrogens (primary N) is 1. The third-order valence-corrected chi connectivity index (χ3v) is 6.99. The van der Waals surface area contributed by atoms with Crippen LogP contribution in [0.3, 0.4) is 0 Å². The number of halogens is 1. The molecule has 0 aliphatic carbocycles. The SMILES string of the molecule is CCOC(=O)Cn1nnc(CN(Cc2ccc(N)cc2)C(=O)NCC(=O)N2CCCC2c2ccccc2Br)n1. The van der Waals surface area contributed by atoms with Crippen molar-refractivity contribution in [3.8, 4) is 0 Å². The van der Waals surface area contributed by atoms with E-state index in [0.717, 1.165) is 33.2 Å². The fraction of sp³-hybridized carbons (Fsp3) is 0.385. The Hall–Kier alpha value is -4.00. The summed E-state index contributed by atoms with van der Waals surface area (Å²) >= 11 is 3.59. The molecule has 13 heteroatoms. The number of aromatic nitrogens is 4. The maximum Gasteiger partial charge on any atom is 0.329 e. The van der Waals surface area contributed by atoms with Gasteiger partial charge in [-0.25, -0.2) is 9.59 Å². The van der Waals surface area contributed by atoms with Crippen LogP contribution in [0.1, 0.15) is 42.8 Å². The number of ether oxygens (including phenoxy) is 1. The highest BCUT2D eigenvalue weighted by molar-refractivity contribution is 9.10. The maximum atomic E-state index is 13.3. The smallest absolute Gasteiger partial charge is 0.329 e. The van der Waals surface area contributed by atoms with Crippen LogP contribution in [-0.4, -0.2) is 67.6 Å². The fourth-order valence-corrected chi connectivity index (χ4v) is 4.99. The number of benzene rings is 2. The number of hydrogen-bond acceptors (Lipinski definition) is 8. The Bertz CT molecular complexity index is 1300. The quantitative estimate of drug-likeness (QED) is 0.267. The van der Waals surface area contributed by atoms with Gasteiger partial charge in [-0.2, -0.15) is 4.80 Å². The molecule has 1 saturated heterocycles. The maximum absolute atomic E-state index is 13.3. The van der Waals surface area contributed by atoms with Crippen LogP contribution in [0.5, 0.6) is 0 Å². The summed E-state index contributed by atoms with van der Waals surface area (Å²) in [6.07, 6.45) is 1.75. The first-order valence-electron chi connectivity index (χ1n) is 12.7. The van der Waals surface area contributed by atoms with Gasteiger partial charge in [0.25, 0.3) is 0 Å². The lowest BCUT2D eigenvalue weighted by molar-refractivity contribution is -0.144. The summed E-state index contributed by atoms with van der Waals surface area (Å²) in [5.74, 6) is -0.406. The minimum Gasteiger partial charge on any atom is -0.465 e. The minimum atomic E-state index is -0.487. The third-order valence-electron chi connectivity index (χ3n) is 6.27. The molecule has 1 fully saturated rings. The molecule has 0 saturated carbocycles. The summed E-state index contributed by atoms with van der Waals surface area (Å²) in [6.45, 7) is 2.47. The van der Waals surface area contributed by atoms with Gasteiger partial charge in [-0.05, 0) is 54.3 Å². The third kappa shape index (κ3) is 7.53. The van der Waals surface area contributed by atoms with Crippen molar-refractivity contribution in [3.63, 3.8) is 0 Å². The number of hydrogen-bond donors (Lipinski definition) is 2. The zero-order chi connectivity index (χ0) is 27.8. The second kappa shape index (κ2) is 13.2. The molecule has 1 aromatic heterocycles. The molecule has 1 atom stereocenters. The van der Waals surface area contributed by atoms with Crippen LogP contribution in [0.4, 0.5) is 10.5 Å². The van der Waals surface area contributed by atoms with Crippen LogP contribution in [0.25, 0.3) is 0 Å². The van der Waals surface area contributed by atoms with Crippen molar-refractivity contribution in [3.05, 3.63) is 70.0 Å². The van der Waals surface area contributed by atoms with E-state index >= 15 is 0 Å². The van der Waals surface area contributed by atoms with Crippen LogP contribution in [0, 0.1) is 0 Å². The molecule has 1 aliphatic rings. The van der Waals surface area contributed by atoms with E-state index in [1.807, 2.05) is 41.3 Å². The van der Waals surface area contributed by atoms with E-state index in [4.69, 9.17) is 10.5 Å². The normalized spacial score (nSPS) is 14.7. The van der Waals surface area contributed by atoms with Crippen molar-refractivity contribution in [2.45, 2.75) is 45.4 Å². The van der Waals surface area contributed by atoms with Gasteiger partial charge in [0.15, 0.2) is 12.4 Å². The Morgan fingerprint density at radius 3 is 2.67 bits per heavy atom. The number of nitrogens with zero attached hydrogens (tertiary/aromatic N) is 6. The van der Waals surface area contributed by atoms with Crippen LogP contribution in [0.2, 0.25) is 0 Å². The Morgan fingerprint density at radius 1 is 1.15 bits per heavy atom. The van der Waals surface area contributed by atoms with E-state index in [0.29, 0.717) is 12.2 Å². The number of likely N-dealkylation sites (tertiary alicyclic amines) is 1. The van der Waals surface area contributed by atoms with Crippen molar-refractivity contribution in [1.82, 2.24) is 35.3 Å². The number of anilines is 1. The second-order valence-electron chi connectivity index (χ2n) is 9.06. The lowest BCUT2D eigenvalue weighted by Gasteiger charge is -2.27. The van der Waals surface area contributed by atoms with E-state index in [2.05, 4.69) is 36.7 Å². The first-order valence-corrected chi connectivity index (χ1v) is 13.5. The molecule has 4 rings (SSSR count). The molecular formula is C26H31BrN8O4. The molecule has 12 nitrogen and oxygen atoms in total. The van der Waals surface area contributed by atoms with Gasteiger partial charge in [0, 0.05) is 23.2 Å². The lowest BCUT2D eigenvalue weighted by atomic mass is 10.0. The number of rotatable bonds is 10. The monoisotopic (exact) mass is 598 g/mol. The summed E-state index contributed by atoms with van der Waals surface area (Å²) < 4.78 is 5.87. The highest BCUT2D eigenvalue weighted by atomic mass is 79.9. The minimum absolute atomic E-state index is 0.0104. The molecule has 2 aromatic carbocycles. The average Bonchev–Trinajstić information content (AvgIpc) is 3.58. The Kier molecular flexibility index (Phi) is 9.47. The van der Waals surface area contributed by atoms with E-state index in [1.165, 1.54) is 4.90 Å². The van der Waals surface area contributed by atoms with Crippen LogP contribution in [-0.2, 0) is 34.0 Å². The second-order valence-corrected chi connectivity index (χ2v) is 9.92. The predicted octanol–water partition coefficient (Wildman–Crippen LogP) is 2.66. The van der Waals surface area contributed by atoms with Crippen molar-refractivity contribution < 1.29 is 19.1 Å². The molecule has 3 amide bonds.